The van der Waals surface area contributed by atoms with E-state index in [1.165, 1.54) is 19.3 Å². The fourth-order valence-electron chi connectivity index (χ4n) is 2.15. The Kier molecular flexibility index (Phi) is 4.86. The Bertz CT molecular complexity index is 292. The second-order valence-electron chi connectivity index (χ2n) is 5.60. The van der Waals surface area contributed by atoms with Crippen LogP contribution in [0.15, 0.2) is 0 Å². The number of carbonyl (C=O) groups excluding carboxylic acids is 1. The zero-order valence-corrected chi connectivity index (χ0v) is 11.2. The van der Waals surface area contributed by atoms with Crippen molar-refractivity contribution in [1.82, 2.24) is 4.90 Å². The van der Waals surface area contributed by atoms with Crippen LogP contribution in [-0.2, 0) is 4.74 Å². The average molecular weight is 237 g/mol. The van der Waals surface area contributed by atoms with Crippen molar-refractivity contribution in [3.63, 3.8) is 0 Å². The Morgan fingerprint density at radius 1 is 1.35 bits per heavy atom. The molecule has 0 saturated heterocycles. The van der Waals surface area contributed by atoms with Gasteiger partial charge in [-0.2, -0.15) is 0 Å². The molecule has 3 nitrogen and oxygen atoms in total. The highest BCUT2D eigenvalue weighted by molar-refractivity contribution is 5.69. The molecule has 17 heavy (non-hydrogen) atoms. The van der Waals surface area contributed by atoms with E-state index in [9.17, 15) is 4.79 Å². The molecule has 0 aromatic carbocycles. The Morgan fingerprint density at radius 2 is 1.94 bits per heavy atom. The lowest BCUT2D eigenvalue weighted by atomic mass is 9.94. The van der Waals surface area contributed by atoms with Gasteiger partial charge in [0.15, 0.2) is 0 Å². The Hall–Kier alpha value is -1.17. The maximum atomic E-state index is 12.1. The van der Waals surface area contributed by atoms with Crippen LogP contribution in [-0.4, -0.2) is 29.2 Å². The fourth-order valence-corrected chi connectivity index (χ4v) is 2.15. The summed E-state index contributed by atoms with van der Waals surface area (Å²) in [5, 5.41) is 0. The normalized spacial score (nSPS) is 17.3. The first-order valence-corrected chi connectivity index (χ1v) is 6.37. The second kappa shape index (κ2) is 5.95. The van der Waals surface area contributed by atoms with Gasteiger partial charge in [0.2, 0.25) is 0 Å². The Balaban J connectivity index is 2.64. The van der Waals surface area contributed by atoms with E-state index in [-0.39, 0.29) is 12.1 Å². The average Bonchev–Trinajstić information content (AvgIpc) is 2.24. The van der Waals surface area contributed by atoms with E-state index in [0.717, 1.165) is 12.8 Å². The van der Waals surface area contributed by atoms with Crippen LogP contribution in [0.2, 0.25) is 0 Å². The van der Waals surface area contributed by atoms with Crippen LogP contribution in [0.25, 0.3) is 0 Å². The van der Waals surface area contributed by atoms with E-state index in [1.807, 2.05) is 20.8 Å². The summed E-state index contributed by atoms with van der Waals surface area (Å²) < 4.78 is 5.40. The quantitative estimate of drug-likeness (QED) is 0.690. The zero-order chi connectivity index (χ0) is 12.9. The molecule has 0 spiro atoms. The van der Waals surface area contributed by atoms with Gasteiger partial charge in [-0.3, -0.25) is 4.90 Å². The highest BCUT2D eigenvalue weighted by atomic mass is 16.6. The van der Waals surface area contributed by atoms with Crippen LogP contribution in [0.1, 0.15) is 52.9 Å². The van der Waals surface area contributed by atoms with Crippen LogP contribution in [0.5, 0.6) is 0 Å². The van der Waals surface area contributed by atoms with Crippen LogP contribution in [0, 0.1) is 12.3 Å². The van der Waals surface area contributed by atoms with Crippen LogP contribution >= 0.6 is 0 Å². The third-order valence-electron chi connectivity index (χ3n) is 2.91. The van der Waals surface area contributed by atoms with E-state index < -0.39 is 5.60 Å². The topological polar surface area (TPSA) is 29.5 Å². The molecule has 1 saturated carbocycles. The predicted octanol–water partition coefficient (Wildman–Crippen LogP) is 3.19. The summed E-state index contributed by atoms with van der Waals surface area (Å²) >= 11 is 0. The predicted molar refractivity (Wildman–Crippen MR) is 68.6 cm³/mol. The molecule has 0 aromatic rings. The van der Waals surface area contributed by atoms with Crippen molar-refractivity contribution in [2.45, 2.75) is 64.5 Å². The monoisotopic (exact) mass is 237 g/mol. The lowest BCUT2D eigenvalue weighted by Gasteiger charge is -2.34. The van der Waals surface area contributed by atoms with Crippen molar-refractivity contribution in [1.29, 1.82) is 0 Å². The summed E-state index contributed by atoms with van der Waals surface area (Å²) in [5.41, 5.74) is -0.460. The first-order valence-electron chi connectivity index (χ1n) is 6.37. The van der Waals surface area contributed by atoms with Gasteiger partial charge in [-0.15, -0.1) is 6.42 Å². The molecule has 0 unspecified atom stereocenters. The number of ether oxygens (including phenoxy) is 1. The smallest absolute Gasteiger partial charge is 0.411 e. The lowest BCUT2D eigenvalue weighted by Crippen LogP contribution is -2.44. The molecule has 0 aliphatic heterocycles. The van der Waals surface area contributed by atoms with Crippen LogP contribution < -0.4 is 0 Å². The van der Waals surface area contributed by atoms with Crippen molar-refractivity contribution < 1.29 is 9.53 Å². The number of rotatable bonds is 2. The minimum absolute atomic E-state index is 0.259. The number of amides is 1. The first kappa shape index (κ1) is 13.9. The van der Waals surface area contributed by atoms with E-state index in [0.29, 0.717) is 6.54 Å². The van der Waals surface area contributed by atoms with Gasteiger partial charge in [0, 0.05) is 6.04 Å². The van der Waals surface area contributed by atoms with Gasteiger partial charge >= 0.3 is 6.09 Å². The molecule has 0 heterocycles. The number of terminal acetylenes is 1. The molecule has 1 rings (SSSR count). The molecule has 0 N–H and O–H groups in total. The van der Waals surface area contributed by atoms with Crippen molar-refractivity contribution in [2.75, 3.05) is 6.54 Å². The summed E-state index contributed by atoms with van der Waals surface area (Å²) in [6.07, 6.45) is 10.8. The van der Waals surface area contributed by atoms with Crippen molar-refractivity contribution in [3.8, 4) is 12.3 Å². The summed E-state index contributed by atoms with van der Waals surface area (Å²) in [5.74, 6) is 2.56. The van der Waals surface area contributed by atoms with Crippen molar-refractivity contribution >= 4 is 6.09 Å². The lowest BCUT2D eigenvalue weighted by molar-refractivity contribution is 0.0156. The van der Waals surface area contributed by atoms with Gasteiger partial charge < -0.3 is 4.74 Å². The van der Waals surface area contributed by atoms with Crippen molar-refractivity contribution in [2.24, 2.45) is 0 Å². The molecule has 0 atom stereocenters. The number of hydrogen-bond acceptors (Lipinski definition) is 2. The third kappa shape index (κ3) is 4.68. The minimum Gasteiger partial charge on any atom is -0.444 e. The molecule has 0 bridgehead atoms. The Labute approximate surface area is 105 Å². The molecule has 96 valence electrons. The fraction of sp³-hybridized carbons (Fsp3) is 0.786. The van der Waals surface area contributed by atoms with Gasteiger partial charge in [0.25, 0.3) is 0 Å². The molecular weight excluding hydrogens is 214 g/mol. The molecule has 1 amide bonds. The number of carbonyl (C=O) groups is 1. The van der Waals surface area contributed by atoms with E-state index in [4.69, 9.17) is 11.2 Å². The Morgan fingerprint density at radius 3 is 2.41 bits per heavy atom. The molecule has 1 aliphatic rings. The van der Waals surface area contributed by atoms with Gasteiger partial charge in [-0.25, -0.2) is 4.79 Å². The largest absolute Gasteiger partial charge is 0.444 e. The summed E-state index contributed by atoms with van der Waals surface area (Å²) in [7, 11) is 0. The van der Waals surface area contributed by atoms with Gasteiger partial charge in [-0.05, 0) is 33.6 Å². The molecule has 1 aliphatic carbocycles. The number of nitrogens with zero attached hydrogens (tertiary/aromatic N) is 1. The van der Waals surface area contributed by atoms with Crippen LogP contribution in [0.4, 0.5) is 4.79 Å². The number of hydrogen-bond donors (Lipinski definition) is 0. The molecular formula is C14H23NO2. The maximum absolute atomic E-state index is 12.1. The van der Waals surface area contributed by atoms with Crippen molar-refractivity contribution in [3.05, 3.63) is 0 Å². The zero-order valence-electron chi connectivity index (χ0n) is 11.2. The van der Waals surface area contributed by atoms with E-state index in [1.54, 1.807) is 4.90 Å². The molecule has 3 heteroatoms. The highest BCUT2D eigenvalue weighted by Gasteiger charge is 2.28. The summed E-state index contributed by atoms with van der Waals surface area (Å²) in [4.78, 5) is 13.8. The van der Waals surface area contributed by atoms with Crippen LogP contribution in [0.3, 0.4) is 0 Å². The minimum atomic E-state index is -0.460. The molecule has 0 radical (unpaired) electrons. The van der Waals surface area contributed by atoms with Gasteiger partial charge in [-0.1, -0.05) is 25.2 Å². The van der Waals surface area contributed by atoms with Gasteiger partial charge in [0.1, 0.15) is 5.60 Å². The summed E-state index contributed by atoms with van der Waals surface area (Å²) in [6, 6.07) is 0.259. The SMILES string of the molecule is C#CCN(C(=O)OC(C)(C)C)C1CCCCC1. The second-order valence-corrected chi connectivity index (χ2v) is 5.60. The van der Waals surface area contributed by atoms with E-state index >= 15 is 0 Å². The van der Waals surface area contributed by atoms with E-state index in [2.05, 4.69) is 5.92 Å². The molecule has 1 fully saturated rings. The summed E-state index contributed by atoms with van der Waals surface area (Å²) in [6.45, 7) is 5.97. The molecule has 0 aromatic heterocycles. The highest BCUT2D eigenvalue weighted by Crippen LogP contribution is 2.24. The first-order chi connectivity index (χ1) is 7.94. The maximum Gasteiger partial charge on any atom is 0.411 e. The standard InChI is InChI=1S/C14H23NO2/c1-5-11-15(12-9-7-6-8-10-12)13(16)17-14(2,3)4/h1,12H,6-11H2,2-4H3. The third-order valence-corrected chi connectivity index (χ3v) is 2.91. The van der Waals surface area contributed by atoms with Gasteiger partial charge in [0.05, 0.1) is 6.54 Å².